The summed E-state index contributed by atoms with van der Waals surface area (Å²) in [6.07, 6.45) is 1.82. The SMILES string of the molecule is COC(=O)C1=C(C)C=C(N2CCOCC2)C(C(=O)OC)C1c1ccc([N+](=O)[O-])cc1. The standard InChI is InChI=1S/C21H24N2O7/c1-13-12-16(22-8-10-30-11-9-22)19(21(25)29-3)18(17(13)20(24)28-2)14-4-6-15(7-5-14)23(26)27/h4-7,12,18-19H,8-11H2,1-3H3. The largest absolute Gasteiger partial charge is 0.468 e. The Labute approximate surface area is 174 Å². The van der Waals surface area contributed by atoms with Crippen LogP contribution in [0.2, 0.25) is 0 Å². The smallest absolute Gasteiger partial charge is 0.334 e. The number of ether oxygens (including phenoxy) is 3. The van der Waals surface area contributed by atoms with E-state index in [1.54, 1.807) is 19.1 Å². The molecule has 0 spiro atoms. The lowest BCUT2D eigenvalue weighted by Crippen LogP contribution is -2.43. The molecule has 0 N–H and O–H groups in total. The number of carbonyl (C=O) groups is 2. The van der Waals surface area contributed by atoms with Gasteiger partial charge in [0.25, 0.3) is 5.69 Å². The second-order valence-corrected chi connectivity index (χ2v) is 7.08. The average molecular weight is 416 g/mol. The number of carbonyl (C=O) groups excluding carboxylic acids is 2. The molecule has 0 amide bonds. The molecule has 2 atom stereocenters. The number of non-ortho nitro benzene ring substituents is 1. The molecule has 30 heavy (non-hydrogen) atoms. The molecule has 1 fully saturated rings. The minimum atomic E-state index is -0.799. The van der Waals surface area contributed by atoms with Gasteiger partial charge in [-0.15, -0.1) is 0 Å². The van der Waals surface area contributed by atoms with Crippen LogP contribution in [0.4, 0.5) is 5.69 Å². The highest BCUT2D eigenvalue weighted by molar-refractivity contribution is 5.94. The third-order valence-corrected chi connectivity index (χ3v) is 5.45. The Morgan fingerprint density at radius 2 is 1.77 bits per heavy atom. The molecule has 9 heteroatoms. The van der Waals surface area contributed by atoms with Crippen LogP contribution in [0.15, 0.2) is 47.2 Å². The minimum Gasteiger partial charge on any atom is -0.468 e. The van der Waals surface area contributed by atoms with E-state index in [2.05, 4.69) is 4.90 Å². The molecule has 1 aliphatic heterocycles. The highest BCUT2D eigenvalue weighted by atomic mass is 16.6. The Kier molecular flexibility index (Phi) is 6.51. The zero-order chi connectivity index (χ0) is 21.8. The Morgan fingerprint density at radius 3 is 2.30 bits per heavy atom. The molecule has 160 valence electrons. The molecule has 0 saturated carbocycles. The van der Waals surface area contributed by atoms with Crippen molar-refractivity contribution in [3.63, 3.8) is 0 Å². The first-order chi connectivity index (χ1) is 14.4. The number of esters is 2. The monoisotopic (exact) mass is 416 g/mol. The quantitative estimate of drug-likeness (QED) is 0.408. The van der Waals surface area contributed by atoms with E-state index in [4.69, 9.17) is 14.2 Å². The fraction of sp³-hybridized carbons (Fsp3) is 0.429. The first kappa shape index (κ1) is 21.5. The summed E-state index contributed by atoms with van der Waals surface area (Å²) in [5.74, 6) is -2.55. The van der Waals surface area contributed by atoms with Gasteiger partial charge in [0, 0.05) is 42.4 Å². The summed E-state index contributed by atoms with van der Waals surface area (Å²) >= 11 is 0. The number of benzene rings is 1. The van der Waals surface area contributed by atoms with Crippen molar-refractivity contribution in [1.82, 2.24) is 4.90 Å². The number of hydrogen-bond donors (Lipinski definition) is 0. The molecule has 1 aromatic carbocycles. The van der Waals surface area contributed by atoms with Gasteiger partial charge in [-0.3, -0.25) is 14.9 Å². The van der Waals surface area contributed by atoms with Crippen molar-refractivity contribution >= 4 is 17.6 Å². The predicted molar refractivity (Wildman–Crippen MR) is 107 cm³/mol. The van der Waals surface area contributed by atoms with Crippen molar-refractivity contribution in [2.45, 2.75) is 12.8 Å². The number of methoxy groups -OCH3 is 2. The van der Waals surface area contributed by atoms with Crippen LogP contribution in [0.3, 0.4) is 0 Å². The van der Waals surface area contributed by atoms with E-state index in [1.165, 1.54) is 26.4 Å². The van der Waals surface area contributed by atoms with Crippen LogP contribution in [0.5, 0.6) is 0 Å². The molecule has 0 aromatic heterocycles. The molecular weight excluding hydrogens is 392 g/mol. The maximum atomic E-state index is 12.9. The Hall–Kier alpha value is -3.20. The molecular formula is C21H24N2O7. The second-order valence-electron chi connectivity index (χ2n) is 7.08. The predicted octanol–water partition coefficient (Wildman–Crippen LogP) is 2.19. The molecule has 1 aromatic rings. The lowest BCUT2D eigenvalue weighted by Gasteiger charge is -2.40. The summed E-state index contributed by atoms with van der Waals surface area (Å²) in [7, 11) is 2.58. The number of nitro groups is 1. The second kappa shape index (κ2) is 9.08. The molecule has 0 radical (unpaired) electrons. The van der Waals surface area contributed by atoms with Crippen LogP contribution in [0.25, 0.3) is 0 Å². The number of hydrogen-bond acceptors (Lipinski definition) is 8. The maximum Gasteiger partial charge on any atom is 0.334 e. The highest BCUT2D eigenvalue weighted by Gasteiger charge is 2.44. The third kappa shape index (κ3) is 4.06. The lowest BCUT2D eigenvalue weighted by molar-refractivity contribution is -0.384. The molecule has 9 nitrogen and oxygen atoms in total. The van der Waals surface area contributed by atoms with Crippen LogP contribution in [0, 0.1) is 16.0 Å². The number of rotatable bonds is 5. The van der Waals surface area contributed by atoms with E-state index < -0.39 is 28.7 Å². The first-order valence-corrected chi connectivity index (χ1v) is 9.54. The Bertz CT molecular complexity index is 898. The van der Waals surface area contributed by atoms with Crippen molar-refractivity contribution in [2.75, 3.05) is 40.5 Å². The molecule has 2 unspecified atom stereocenters. The molecule has 2 aliphatic rings. The van der Waals surface area contributed by atoms with Gasteiger partial charge in [0.05, 0.1) is 32.4 Å². The molecule has 1 heterocycles. The average Bonchev–Trinajstić information content (AvgIpc) is 2.77. The summed E-state index contributed by atoms with van der Waals surface area (Å²) in [5.41, 5.74) is 2.26. The normalized spacial score (nSPS) is 21.7. The number of allylic oxidation sites excluding steroid dienone is 2. The number of morpholine rings is 1. The lowest BCUT2D eigenvalue weighted by atomic mass is 9.73. The summed E-state index contributed by atoms with van der Waals surface area (Å²) in [4.78, 5) is 38.2. The number of nitro benzene ring substituents is 1. The summed E-state index contributed by atoms with van der Waals surface area (Å²) in [6, 6.07) is 5.86. The van der Waals surface area contributed by atoms with Gasteiger partial charge >= 0.3 is 11.9 Å². The van der Waals surface area contributed by atoms with Crippen molar-refractivity contribution < 1.29 is 28.7 Å². The van der Waals surface area contributed by atoms with Crippen LogP contribution < -0.4 is 0 Å². The van der Waals surface area contributed by atoms with Gasteiger partial charge in [0.2, 0.25) is 0 Å². The summed E-state index contributed by atoms with van der Waals surface area (Å²) in [6.45, 7) is 4.05. The minimum absolute atomic E-state index is 0.0755. The van der Waals surface area contributed by atoms with E-state index in [0.29, 0.717) is 43.0 Å². The first-order valence-electron chi connectivity index (χ1n) is 9.54. The van der Waals surface area contributed by atoms with Crippen LogP contribution in [-0.2, 0) is 23.8 Å². The third-order valence-electron chi connectivity index (χ3n) is 5.45. The van der Waals surface area contributed by atoms with Crippen LogP contribution in [0.1, 0.15) is 18.4 Å². The fourth-order valence-electron chi connectivity index (χ4n) is 4.03. The van der Waals surface area contributed by atoms with Crippen molar-refractivity contribution in [2.24, 2.45) is 5.92 Å². The molecule has 1 saturated heterocycles. The summed E-state index contributed by atoms with van der Waals surface area (Å²) in [5, 5.41) is 11.1. The van der Waals surface area contributed by atoms with E-state index in [9.17, 15) is 19.7 Å². The van der Waals surface area contributed by atoms with Gasteiger partial charge < -0.3 is 19.1 Å². The molecule has 1 aliphatic carbocycles. The van der Waals surface area contributed by atoms with Crippen molar-refractivity contribution in [3.8, 4) is 0 Å². The topological polar surface area (TPSA) is 108 Å². The van der Waals surface area contributed by atoms with Gasteiger partial charge in [-0.1, -0.05) is 12.1 Å². The Balaban J connectivity index is 2.17. The zero-order valence-corrected chi connectivity index (χ0v) is 17.1. The van der Waals surface area contributed by atoms with Crippen LogP contribution in [-0.4, -0.2) is 62.3 Å². The zero-order valence-electron chi connectivity index (χ0n) is 17.1. The van der Waals surface area contributed by atoms with Crippen molar-refractivity contribution in [3.05, 3.63) is 62.9 Å². The van der Waals surface area contributed by atoms with E-state index >= 15 is 0 Å². The number of nitrogens with zero attached hydrogens (tertiary/aromatic N) is 2. The van der Waals surface area contributed by atoms with Gasteiger partial charge in [-0.25, -0.2) is 4.79 Å². The van der Waals surface area contributed by atoms with Gasteiger partial charge in [0.15, 0.2) is 0 Å². The van der Waals surface area contributed by atoms with E-state index in [0.717, 1.165) is 5.70 Å². The maximum absolute atomic E-state index is 12.9. The van der Waals surface area contributed by atoms with Gasteiger partial charge in [0.1, 0.15) is 5.92 Å². The Morgan fingerprint density at radius 1 is 1.13 bits per heavy atom. The highest BCUT2D eigenvalue weighted by Crippen LogP contribution is 2.44. The van der Waals surface area contributed by atoms with Gasteiger partial charge in [-0.2, -0.15) is 0 Å². The van der Waals surface area contributed by atoms with E-state index in [-0.39, 0.29) is 5.69 Å². The molecule has 0 bridgehead atoms. The van der Waals surface area contributed by atoms with Gasteiger partial charge in [-0.05, 0) is 24.1 Å². The molecule has 3 rings (SSSR count). The van der Waals surface area contributed by atoms with Crippen molar-refractivity contribution in [1.29, 1.82) is 0 Å². The van der Waals surface area contributed by atoms with E-state index in [1.807, 2.05) is 6.08 Å². The van der Waals surface area contributed by atoms with Crippen LogP contribution >= 0.6 is 0 Å². The fourth-order valence-corrected chi connectivity index (χ4v) is 4.03. The summed E-state index contributed by atoms with van der Waals surface area (Å²) < 4.78 is 15.5.